The first-order valence-corrected chi connectivity index (χ1v) is 4.81. The summed E-state index contributed by atoms with van der Waals surface area (Å²) < 4.78 is 0. The van der Waals surface area contributed by atoms with E-state index in [1.807, 2.05) is 12.1 Å². The van der Waals surface area contributed by atoms with Crippen molar-refractivity contribution in [2.45, 2.75) is 33.1 Å². The van der Waals surface area contributed by atoms with Crippen molar-refractivity contribution in [3.05, 3.63) is 29.8 Å². The summed E-state index contributed by atoms with van der Waals surface area (Å²) in [6, 6.07) is 8.19. The monoisotopic (exact) mass is 190 g/mol. The van der Waals surface area contributed by atoms with Gasteiger partial charge >= 0.3 is 0 Å². The molecule has 0 aliphatic carbocycles. The molecule has 0 atom stereocenters. The minimum absolute atomic E-state index is 0.194. The van der Waals surface area contributed by atoms with Crippen molar-refractivity contribution < 1.29 is 0 Å². The van der Waals surface area contributed by atoms with Crippen LogP contribution in [0.3, 0.4) is 0 Å². The smallest absolute Gasteiger partial charge is 0.0964 e. The van der Waals surface area contributed by atoms with Crippen molar-refractivity contribution in [2.75, 3.05) is 0 Å². The molecule has 1 rings (SSSR count). The summed E-state index contributed by atoms with van der Waals surface area (Å²) in [5.41, 5.74) is 7.92. The van der Waals surface area contributed by atoms with Crippen LogP contribution >= 0.6 is 0 Å². The molecule has 0 fully saturated rings. The Hall–Kier alpha value is -1.31. The van der Waals surface area contributed by atoms with E-state index in [4.69, 9.17) is 5.73 Å². The van der Waals surface area contributed by atoms with Crippen LogP contribution in [0, 0.1) is 0 Å². The molecule has 14 heavy (non-hydrogen) atoms. The third kappa shape index (κ3) is 2.87. The van der Waals surface area contributed by atoms with Gasteiger partial charge in [-0.3, -0.25) is 0 Å². The summed E-state index contributed by atoms with van der Waals surface area (Å²) in [5.74, 6) is 0.591. The molecule has 0 amide bonds. The second-order valence-corrected chi connectivity index (χ2v) is 4.55. The predicted molar refractivity (Wildman–Crippen MR) is 62.1 cm³/mol. The third-order valence-corrected chi connectivity index (χ3v) is 2.04. The van der Waals surface area contributed by atoms with Gasteiger partial charge in [0, 0.05) is 0 Å². The lowest BCUT2D eigenvalue weighted by Gasteiger charge is -2.18. The first kappa shape index (κ1) is 10.8. The van der Waals surface area contributed by atoms with Crippen molar-refractivity contribution in [2.24, 2.45) is 10.7 Å². The molecule has 0 unspecified atom stereocenters. The Balaban J connectivity index is 2.95. The molecule has 2 nitrogen and oxygen atoms in total. The lowest BCUT2D eigenvalue weighted by molar-refractivity contribution is 0.590. The van der Waals surface area contributed by atoms with Crippen LogP contribution in [0.15, 0.2) is 29.3 Å². The molecule has 0 bridgehead atoms. The van der Waals surface area contributed by atoms with Crippen LogP contribution in [0.2, 0.25) is 0 Å². The van der Waals surface area contributed by atoms with E-state index in [-0.39, 0.29) is 5.41 Å². The van der Waals surface area contributed by atoms with Crippen molar-refractivity contribution in [1.82, 2.24) is 0 Å². The lowest BCUT2D eigenvalue weighted by Crippen LogP contribution is -2.10. The van der Waals surface area contributed by atoms with E-state index < -0.39 is 0 Å². The van der Waals surface area contributed by atoms with Gasteiger partial charge in [0.15, 0.2) is 0 Å². The van der Waals surface area contributed by atoms with Gasteiger partial charge in [0.25, 0.3) is 0 Å². The Bertz CT molecular complexity index is 324. The summed E-state index contributed by atoms with van der Waals surface area (Å²) in [7, 11) is 0. The number of benzene rings is 1. The molecule has 0 aromatic heterocycles. The Morgan fingerprint density at radius 2 is 1.64 bits per heavy atom. The van der Waals surface area contributed by atoms with Gasteiger partial charge in [-0.25, -0.2) is 4.99 Å². The van der Waals surface area contributed by atoms with Crippen LogP contribution in [-0.4, -0.2) is 5.84 Å². The highest BCUT2D eigenvalue weighted by molar-refractivity contribution is 5.80. The quantitative estimate of drug-likeness (QED) is 0.536. The first-order valence-electron chi connectivity index (χ1n) is 4.81. The fraction of sp³-hybridized carbons (Fsp3) is 0.417. The highest BCUT2D eigenvalue weighted by Crippen LogP contribution is 2.24. The van der Waals surface area contributed by atoms with Gasteiger partial charge < -0.3 is 5.73 Å². The molecule has 0 saturated carbocycles. The zero-order chi connectivity index (χ0) is 10.8. The maximum absolute atomic E-state index is 5.50. The van der Waals surface area contributed by atoms with Gasteiger partial charge in [0.2, 0.25) is 0 Å². The van der Waals surface area contributed by atoms with Gasteiger partial charge in [-0.1, -0.05) is 32.9 Å². The number of aliphatic imine (C=N–C) groups is 1. The molecule has 0 aliphatic rings. The fourth-order valence-corrected chi connectivity index (χ4v) is 1.24. The molecular weight excluding hydrogens is 172 g/mol. The summed E-state index contributed by atoms with van der Waals surface area (Å²) >= 11 is 0. The van der Waals surface area contributed by atoms with Crippen molar-refractivity contribution in [3.8, 4) is 0 Å². The average molecular weight is 190 g/mol. The number of amidine groups is 1. The standard InChI is InChI=1S/C12H18N2/c1-9(13)14-11-7-5-10(6-8-11)12(2,3)4/h5-8H,1-4H3,(H2,13,14). The number of hydrogen-bond donors (Lipinski definition) is 1. The second-order valence-electron chi connectivity index (χ2n) is 4.55. The lowest BCUT2D eigenvalue weighted by atomic mass is 9.87. The molecular formula is C12H18N2. The van der Waals surface area contributed by atoms with Crippen molar-refractivity contribution in [1.29, 1.82) is 0 Å². The normalized spacial score (nSPS) is 13.0. The molecule has 0 spiro atoms. The van der Waals surface area contributed by atoms with E-state index in [2.05, 4.69) is 37.9 Å². The van der Waals surface area contributed by atoms with E-state index in [1.165, 1.54) is 5.56 Å². The van der Waals surface area contributed by atoms with Crippen LogP contribution in [0.1, 0.15) is 33.3 Å². The van der Waals surface area contributed by atoms with E-state index in [1.54, 1.807) is 6.92 Å². The van der Waals surface area contributed by atoms with Crippen LogP contribution in [-0.2, 0) is 5.41 Å². The fourth-order valence-electron chi connectivity index (χ4n) is 1.24. The first-order chi connectivity index (χ1) is 6.39. The highest BCUT2D eigenvalue weighted by atomic mass is 14.8. The summed E-state index contributed by atoms with van der Waals surface area (Å²) in [4.78, 5) is 4.18. The molecule has 76 valence electrons. The van der Waals surface area contributed by atoms with Gasteiger partial charge in [0.1, 0.15) is 0 Å². The Kier molecular flexibility index (Phi) is 2.94. The average Bonchev–Trinajstić information content (AvgIpc) is 2.02. The molecule has 0 saturated heterocycles. The minimum atomic E-state index is 0.194. The minimum Gasteiger partial charge on any atom is -0.387 e. The molecule has 1 aromatic rings. The summed E-state index contributed by atoms with van der Waals surface area (Å²) in [5, 5.41) is 0. The highest BCUT2D eigenvalue weighted by Gasteiger charge is 2.12. The van der Waals surface area contributed by atoms with Gasteiger partial charge in [-0.05, 0) is 30.0 Å². The van der Waals surface area contributed by atoms with Crippen LogP contribution in [0.25, 0.3) is 0 Å². The van der Waals surface area contributed by atoms with E-state index in [0.717, 1.165) is 5.69 Å². The van der Waals surface area contributed by atoms with Crippen LogP contribution < -0.4 is 5.73 Å². The van der Waals surface area contributed by atoms with Gasteiger partial charge in [-0.15, -0.1) is 0 Å². The molecule has 2 N–H and O–H groups in total. The van der Waals surface area contributed by atoms with Gasteiger partial charge in [0.05, 0.1) is 11.5 Å². The molecule has 2 heteroatoms. The topological polar surface area (TPSA) is 38.4 Å². The molecule has 1 aromatic carbocycles. The summed E-state index contributed by atoms with van der Waals surface area (Å²) in [6.07, 6.45) is 0. The van der Waals surface area contributed by atoms with Gasteiger partial charge in [-0.2, -0.15) is 0 Å². The number of nitrogens with zero attached hydrogens (tertiary/aromatic N) is 1. The molecule has 0 radical (unpaired) electrons. The number of rotatable bonds is 1. The Labute approximate surface area is 85.9 Å². The van der Waals surface area contributed by atoms with Crippen LogP contribution in [0.5, 0.6) is 0 Å². The zero-order valence-electron chi connectivity index (χ0n) is 9.33. The largest absolute Gasteiger partial charge is 0.387 e. The number of nitrogens with two attached hydrogens (primary N) is 1. The van der Waals surface area contributed by atoms with E-state index in [0.29, 0.717) is 5.84 Å². The van der Waals surface area contributed by atoms with Crippen molar-refractivity contribution in [3.63, 3.8) is 0 Å². The zero-order valence-corrected chi connectivity index (χ0v) is 9.33. The van der Waals surface area contributed by atoms with E-state index >= 15 is 0 Å². The maximum atomic E-state index is 5.50. The Morgan fingerprint density at radius 3 is 2.00 bits per heavy atom. The van der Waals surface area contributed by atoms with E-state index in [9.17, 15) is 0 Å². The van der Waals surface area contributed by atoms with Crippen LogP contribution in [0.4, 0.5) is 5.69 Å². The van der Waals surface area contributed by atoms with Crippen molar-refractivity contribution >= 4 is 11.5 Å². The Morgan fingerprint density at radius 1 is 1.14 bits per heavy atom. The SMILES string of the molecule is CC(N)=Nc1ccc(C(C)(C)C)cc1. The maximum Gasteiger partial charge on any atom is 0.0964 e. The third-order valence-electron chi connectivity index (χ3n) is 2.04. The molecule has 0 aliphatic heterocycles. The predicted octanol–water partition coefficient (Wildman–Crippen LogP) is 2.99. The number of hydrogen-bond acceptors (Lipinski definition) is 1. The summed E-state index contributed by atoms with van der Waals surface area (Å²) in [6.45, 7) is 8.37. The molecule has 0 heterocycles. The second kappa shape index (κ2) is 3.82.